The van der Waals surface area contributed by atoms with Gasteiger partial charge in [-0.3, -0.25) is 4.79 Å². The first-order valence-electron chi connectivity index (χ1n) is 5.05. The zero-order chi connectivity index (χ0) is 12.2. The first-order valence-corrected chi connectivity index (χ1v) is 5.05. The zero-order valence-corrected chi connectivity index (χ0v) is 9.13. The molecular weight excluding hydrogens is 208 g/mol. The highest BCUT2D eigenvalue weighted by Crippen LogP contribution is 2.18. The molecule has 0 aliphatic carbocycles. The van der Waals surface area contributed by atoms with Gasteiger partial charge in [0.25, 0.3) is 0 Å². The molecule has 0 saturated carbocycles. The van der Waals surface area contributed by atoms with Gasteiger partial charge in [0.2, 0.25) is 0 Å². The lowest BCUT2D eigenvalue weighted by atomic mass is 9.88. The number of hydrogen-bond donors (Lipinski definition) is 3. The lowest BCUT2D eigenvalue weighted by Gasteiger charge is -2.29. The van der Waals surface area contributed by atoms with Gasteiger partial charge in [0.05, 0.1) is 6.61 Å². The van der Waals surface area contributed by atoms with Gasteiger partial charge in [-0.2, -0.15) is 0 Å². The van der Waals surface area contributed by atoms with Crippen molar-refractivity contribution in [3.63, 3.8) is 0 Å². The van der Waals surface area contributed by atoms with Crippen molar-refractivity contribution >= 4 is 5.78 Å². The summed E-state index contributed by atoms with van der Waals surface area (Å²) < 4.78 is 0. The monoisotopic (exact) mass is 224 g/mol. The Kier molecular flexibility index (Phi) is 4.18. The fourth-order valence-corrected chi connectivity index (χ4v) is 1.57. The molecule has 1 aromatic rings. The van der Waals surface area contributed by atoms with E-state index >= 15 is 0 Å². The lowest BCUT2D eigenvalue weighted by molar-refractivity contribution is -0.147. The first kappa shape index (κ1) is 12.8. The number of carbonyl (C=O) groups is 1. The van der Waals surface area contributed by atoms with Crippen LogP contribution < -0.4 is 0 Å². The number of rotatable bonds is 5. The van der Waals surface area contributed by atoms with E-state index in [0.29, 0.717) is 0 Å². The molecule has 16 heavy (non-hydrogen) atoms. The Morgan fingerprint density at radius 2 is 1.94 bits per heavy atom. The smallest absolute Gasteiger partial charge is 0.161 e. The van der Waals surface area contributed by atoms with Crippen LogP contribution in [0.15, 0.2) is 30.3 Å². The molecule has 3 N–H and O–H groups in total. The van der Waals surface area contributed by atoms with Crippen LogP contribution in [0.4, 0.5) is 0 Å². The molecule has 0 aromatic heterocycles. The van der Waals surface area contributed by atoms with Crippen LogP contribution in [-0.2, 0) is 11.2 Å². The van der Waals surface area contributed by atoms with Crippen LogP contribution in [0.2, 0.25) is 0 Å². The van der Waals surface area contributed by atoms with Crippen LogP contribution in [0.25, 0.3) is 0 Å². The highest BCUT2D eigenvalue weighted by molar-refractivity contribution is 5.81. The molecule has 2 unspecified atom stereocenters. The predicted molar refractivity (Wildman–Crippen MR) is 58.9 cm³/mol. The molecule has 0 fully saturated rings. The SMILES string of the molecule is CC(=O)C(O)C(O)(CO)Cc1ccccc1. The minimum atomic E-state index is -1.81. The quantitative estimate of drug-likeness (QED) is 0.653. The minimum Gasteiger partial charge on any atom is -0.393 e. The standard InChI is InChI=1S/C12H16O4/c1-9(14)11(15)12(16,8-13)7-10-5-3-2-4-6-10/h2-6,11,13,15-16H,7-8H2,1H3. The maximum absolute atomic E-state index is 11.0. The number of benzene rings is 1. The second-order valence-corrected chi connectivity index (χ2v) is 3.94. The van der Waals surface area contributed by atoms with Crippen LogP contribution >= 0.6 is 0 Å². The van der Waals surface area contributed by atoms with Crippen molar-refractivity contribution in [1.82, 2.24) is 0 Å². The summed E-state index contributed by atoms with van der Waals surface area (Å²) in [7, 11) is 0. The van der Waals surface area contributed by atoms with Gasteiger partial charge < -0.3 is 15.3 Å². The molecule has 0 bridgehead atoms. The summed E-state index contributed by atoms with van der Waals surface area (Å²) >= 11 is 0. The van der Waals surface area contributed by atoms with Gasteiger partial charge in [-0.15, -0.1) is 0 Å². The molecule has 1 aromatic carbocycles. The van der Waals surface area contributed by atoms with Gasteiger partial charge in [0.15, 0.2) is 5.78 Å². The van der Waals surface area contributed by atoms with Crippen LogP contribution in [0.5, 0.6) is 0 Å². The van der Waals surface area contributed by atoms with E-state index in [9.17, 15) is 15.0 Å². The number of ketones is 1. The average molecular weight is 224 g/mol. The topological polar surface area (TPSA) is 77.8 Å². The van der Waals surface area contributed by atoms with E-state index in [1.807, 2.05) is 6.07 Å². The highest BCUT2D eigenvalue weighted by atomic mass is 16.4. The van der Waals surface area contributed by atoms with Gasteiger partial charge in [-0.25, -0.2) is 0 Å². The third-order valence-electron chi connectivity index (χ3n) is 2.52. The molecule has 1 rings (SSSR count). The largest absolute Gasteiger partial charge is 0.393 e. The van der Waals surface area contributed by atoms with Crippen molar-refractivity contribution in [3.05, 3.63) is 35.9 Å². The molecule has 88 valence electrons. The van der Waals surface area contributed by atoms with Crippen molar-refractivity contribution < 1.29 is 20.1 Å². The maximum Gasteiger partial charge on any atom is 0.161 e. The normalized spacial score (nSPS) is 16.5. The van der Waals surface area contributed by atoms with Gasteiger partial charge in [0.1, 0.15) is 11.7 Å². The van der Waals surface area contributed by atoms with E-state index in [0.717, 1.165) is 5.56 Å². The Balaban J connectivity index is 2.86. The van der Waals surface area contributed by atoms with Crippen molar-refractivity contribution in [2.45, 2.75) is 25.0 Å². The van der Waals surface area contributed by atoms with E-state index in [2.05, 4.69) is 0 Å². The molecule has 0 saturated heterocycles. The van der Waals surface area contributed by atoms with E-state index in [1.165, 1.54) is 6.92 Å². The predicted octanol–water partition coefficient (Wildman–Crippen LogP) is -0.0976. The number of hydrogen-bond acceptors (Lipinski definition) is 4. The van der Waals surface area contributed by atoms with E-state index in [-0.39, 0.29) is 6.42 Å². The molecule has 0 radical (unpaired) electrons. The minimum absolute atomic E-state index is 0.0328. The van der Waals surface area contributed by atoms with E-state index in [4.69, 9.17) is 5.11 Å². The summed E-state index contributed by atoms with van der Waals surface area (Å²) in [5, 5.41) is 28.6. The number of aliphatic hydroxyl groups excluding tert-OH is 2. The van der Waals surface area contributed by atoms with Crippen molar-refractivity contribution in [2.24, 2.45) is 0 Å². The Morgan fingerprint density at radius 1 is 1.38 bits per heavy atom. The van der Waals surface area contributed by atoms with Gasteiger partial charge >= 0.3 is 0 Å². The maximum atomic E-state index is 11.0. The molecule has 0 amide bonds. The number of carbonyl (C=O) groups excluding carboxylic acids is 1. The van der Waals surface area contributed by atoms with Gasteiger partial charge in [-0.05, 0) is 12.5 Å². The summed E-state index contributed by atoms with van der Waals surface area (Å²) in [6.07, 6.45) is -1.54. The Labute approximate surface area is 94.2 Å². The highest BCUT2D eigenvalue weighted by Gasteiger charge is 2.38. The molecule has 4 nitrogen and oxygen atoms in total. The van der Waals surface area contributed by atoms with E-state index < -0.39 is 24.1 Å². The Hall–Kier alpha value is -1.23. The number of Topliss-reactive ketones (excluding diaryl/α,β-unsaturated/α-hetero) is 1. The van der Waals surface area contributed by atoms with E-state index in [1.54, 1.807) is 24.3 Å². The van der Waals surface area contributed by atoms with Crippen molar-refractivity contribution in [3.8, 4) is 0 Å². The van der Waals surface area contributed by atoms with Gasteiger partial charge in [0, 0.05) is 6.42 Å². The van der Waals surface area contributed by atoms with Crippen LogP contribution in [0.3, 0.4) is 0 Å². The molecule has 2 atom stereocenters. The molecular formula is C12H16O4. The van der Waals surface area contributed by atoms with Crippen molar-refractivity contribution in [2.75, 3.05) is 6.61 Å². The Bertz CT molecular complexity index is 349. The van der Waals surface area contributed by atoms with Gasteiger partial charge in [-0.1, -0.05) is 30.3 Å². The molecule has 0 spiro atoms. The fourth-order valence-electron chi connectivity index (χ4n) is 1.57. The second-order valence-electron chi connectivity index (χ2n) is 3.94. The summed E-state index contributed by atoms with van der Waals surface area (Å²) in [6, 6.07) is 8.91. The van der Waals surface area contributed by atoms with Crippen LogP contribution in [0.1, 0.15) is 12.5 Å². The molecule has 4 heteroatoms. The lowest BCUT2D eigenvalue weighted by Crippen LogP contribution is -2.51. The second kappa shape index (κ2) is 5.21. The summed E-state index contributed by atoms with van der Waals surface area (Å²) in [6.45, 7) is 0.513. The Morgan fingerprint density at radius 3 is 2.38 bits per heavy atom. The average Bonchev–Trinajstić information content (AvgIpc) is 2.29. The summed E-state index contributed by atoms with van der Waals surface area (Å²) in [4.78, 5) is 11.0. The zero-order valence-electron chi connectivity index (χ0n) is 9.13. The third-order valence-corrected chi connectivity index (χ3v) is 2.52. The fraction of sp³-hybridized carbons (Fsp3) is 0.417. The number of aliphatic hydroxyl groups is 3. The van der Waals surface area contributed by atoms with Crippen molar-refractivity contribution in [1.29, 1.82) is 0 Å². The summed E-state index contributed by atoms with van der Waals surface area (Å²) in [5.41, 5.74) is -1.06. The molecule has 0 heterocycles. The summed E-state index contributed by atoms with van der Waals surface area (Å²) in [5.74, 6) is -0.563. The molecule has 0 aliphatic heterocycles. The molecule has 0 aliphatic rings. The van der Waals surface area contributed by atoms with Crippen LogP contribution in [0, 0.1) is 0 Å². The first-order chi connectivity index (χ1) is 7.49. The van der Waals surface area contributed by atoms with Crippen LogP contribution in [-0.4, -0.2) is 39.4 Å². The third kappa shape index (κ3) is 2.88.